The van der Waals surface area contributed by atoms with Crippen molar-refractivity contribution >= 4 is 11.9 Å². The molecular formula is C23H39N5O4. The Bertz CT molecular complexity index is 763. The highest BCUT2D eigenvalue weighted by Gasteiger charge is 2.27. The molecule has 0 radical (unpaired) electrons. The second-order valence-electron chi connectivity index (χ2n) is 8.32. The molecule has 1 amide bonds. The predicted molar refractivity (Wildman–Crippen MR) is 127 cm³/mol. The fourth-order valence-electron chi connectivity index (χ4n) is 3.63. The first-order valence-corrected chi connectivity index (χ1v) is 11.1. The molecule has 1 atom stereocenters. The van der Waals surface area contributed by atoms with Crippen LogP contribution in [-0.4, -0.2) is 84.0 Å². The summed E-state index contributed by atoms with van der Waals surface area (Å²) in [5.41, 5.74) is 0.531. The van der Waals surface area contributed by atoms with Gasteiger partial charge in [0.2, 0.25) is 5.91 Å². The van der Waals surface area contributed by atoms with Gasteiger partial charge >= 0.3 is 0 Å². The summed E-state index contributed by atoms with van der Waals surface area (Å²) in [6, 6.07) is 6.13. The third-order valence-corrected chi connectivity index (χ3v) is 5.56. The second-order valence-corrected chi connectivity index (χ2v) is 8.32. The van der Waals surface area contributed by atoms with Crippen LogP contribution < -0.4 is 25.4 Å². The van der Waals surface area contributed by atoms with E-state index in [4.69, 9.17) is 14.2 Å². The zero-order valence-electron chi connectivity index (χ0n) is 20.3. The topological polar surface area (TPSA) is 96.5 Å². The van der Waals surface area contributed by atoms with Gasteiger partial charge in [-0.15, -0.1) is 0 Å². The van der Waals surface area contributed by atoms with E-state index in [0.717, 1.165) is 25.2 Å². The minimum Gasteiger partial charge on any atom is -0.493 e. The molecule has 1 heterocycles. The smallest absolute Gasteiger partial charge is 0.227 e. The Balaban J connectivity index is 2.22. The maximum Gasteiger partial charge on any atom is 0.227 e. The first kappa shape index (κ1) is 25.7. The number of carbonyl (C=O) groups is 1. The lowest BCUT2D eigenvalue weighted by Gasteiger charge is -2.35. The molecule has 32 heavy (non-hydrogen) atoms. The van der Waals surface area contributed by atoms with Crippen LogP contribution in [0.3, 0.4) is 0 Å². The number of hydrogen-bond donors (Lipinski definition) is 3. The standard InChI is InChI=1S/C23H39N5O4/c1-7-25-22(27-16-23(2,3)21(29)24-4)26-15-18(28-10-12-32-13-11-28)17-8-9-19(30-5)20(14-17)31-6/h8-9,14,18H,7,10-13,15-16H2,1-6H3,(H,24,29)(H2,25,26,27). The van der Waals surface area contributed by atoms with Gasteiger partial charge in [0.05, 0.1) is 45.4 Å². The number of methoxy groups -OCH3 is 2. The molecule has 2 rings (SSSR count). The van der Waals surface area contributed by atoms with Gasteiger partial charge in [0.25, 0.3) is 0 Å². The van der Waals surface area contributed by atoms with Crippen molar-refractivity contribution in [2.75, 3.05) is 67.2 Å². The summed E-state index contributed by atoms with van der Waals surface area (Å²) >= 11 is 0. The van der Waals surface area contributed by atoms with Crippen molar-refractivity contribution < 1.29 is 19.0 Å². The number of carbonyl (C=O) groups excluding carboxylic acids is 1. The van der Waals surface area contributed by atoms with Crippen LogP contribution in [0.25, 0.3) is 0 Å². The molecule has 3 N–H and O–H groups in total. The van der Waals surface area contributed by atoms with Gasteiger partial charge < -0.3 is 30.2 Å². The van der Waals surface area contributed by atoms with Crippen molar-refractivity contribution in [3.05, 3.63) is 23.8 Å². The molecule has 1 saturated heterocycles. The molecule has 1 aliphatic heterocycles. The van der Waals surface area contributed by atoms with E-state index in [2.05, 4.69) is 31.9 Å². The van der Waals surface area contributed by atoms with Gasteiger partial charge in [-0.2, -0.15) is 0 Å². The molecular weight excluding hydrogens is 410 g/mol. The largest absolute Gasteiger partial charge is 0.493 e. The first-order chi connectivity index (χ1) is 15.4. The highest BCUT2D eigenvalue weighted by atomic mass is 16.5. The average Bonchev–Trinajstić information content (AvgIpc) is 2.82. The number of aliphatic imine (C=N–C) groups is 1. The number of benzene rings is 1. The Morgan fingerprint density at radius 2 is 1.88 bits per heavy atom. The molecule has 0 aromatic heterocycles. The lowest BCUT2D eigenvalue weighted by molar-refractivity contribution is -0.128. The summed E-state index contributed by atoms with van der Waals surface area (Å²) < 4.78 is 16.5. The monoisotopic (exact) mass is 449 g/mol. The molecule has 1 fully saturated rings. The molecule has 1 aromatic carbocycles. The quantitative estimate of drug-likeness (QED) is 0.367. The molecule has 0 spiro atoms. The number of nitrogens with one attached hydrogen (secondary N) is 3. The number of guanidine groups is 1. The molecule has 1 unspecified atom stereocenters. The van der Waals surface area contributed by atoms with Crippen LogP contribution in [-0.2, 0) is 9.53 Å². The van der Waals surface area contributed by atoms with Crippen molar-refractivity contribution in [3.8, 4) is 11.5 Å². The van der Waals surface area contributed by atoms with Crippen LogP contribution in [0.1, 0.15) is 32.4 Å². The molecule has 0 aliphatic carbocycles. The summed E-state index contributed by atoms with van der Waals surface area (Å²) in [4.78, 5) is 19.2. The lowest BCUT2D eigenvalue weighted by Crippen LogP contribution is -2.46. The SMILES string of the molecule is CCNC(=NCC(C)(C)C(=O)NC)NCC(c1ccc(OC)c(OC)c1)N1CCOCC1. The van der Waals surface area contributed by atoms with E-state index < -0.39 is 5.41 Å². The van der Waals surface area contributed by atoms with E-state index in [1.807, 2.05) is 32.9 Å². The Kier molecular flexibility index (Phi) is 10.1. The molecule has 9 heteroatoms. The van der Waals surface area contributed by atoms with Gasteiger partial charge in [0.1, 0.15) is 0 Å². The normalized spacial score (nSPS) is 16.2. The highest BCUT2D eigenvalue weighted by Crippen LogP contribution is 2.32. The van der Waals surface area contributed by atoms with Crippen LogP contribution in [0.2, 0.25) is 0 Å². The first-order valence-electron chi connectivity index (χ1n) is 11.1. The van der Waals surface area contributed by atoms with Gasteiger partial charge in [-0.3, -0.25) is 14.7 Å². The summed E-state index contributed by atoms with van der Waals surface area (Å²) in [6.07, 6.45) is 0. The summed E-state index contributed by atoms with van der Waals surface area (Å²) in [5, 5.41) is 9.45. The Hall–Kier alpha value is -2.52. The zero-order chi connectivity index (χ0) is 23.6. The molecule has 1 aliphatic rings. The zero-order valence-corrected chi connectivity index (χ0v) is 20.3. The highest BCUT2D eigenvalue weighted by molar-refractivity contribution is 5.83. The molecule has 0 bridgehead atoms. The van der Waals surface area contributed by atoms with Crippen molar-refractivity contribution in [2.45, 2.75) is 26.8 Å². The third-order valence-electron chi connectivity index (χ3n) is 5.56. The van der Waals surface area contributed by atoms with E-state index in [0.29, 0.717) is 43.8 Å². The molecule has 0 saturated carbocycles. The third kappa shape index (κ3) is 7.00. The van der Waals surface area contributed by atoms with E-state index in [1.54, 1.807) is 21.3 Å². The van der Waals surface area contributed by atoms with Gasteiger partial charge in [-0.25, -0.2) is 0 Å². The van der Waals surface area contributed by atoms with Crippen LogP contribution in [0, 0.1) is 5.41 Å². The Morgan fingerprint density at radius 1 is 1.19 bits per heavy atom. The Labute approximate surface area is 191 Å². The van der Waals surface area contributed by atoms with Crippen LogP contribution in [0.4, 0.5) is 0 Å². The number of rotatable bonds is 10. The lowest BCUT2D eigenvalue weighted by atomic mass is 9.93. The maximum atomic E-state index is 12.1. The van der Waals surface area contributed by atoms with E-state index in [9.17, 15) is 4.79 Å². The number of amides is 1. The van der Waals surface area contributed by atoms with Gasteiger partial charge in [-0.05, 0) is 38.5 Å². The van der Waals surface area contributed by atoms with Crippen LogP contribution in [0.5, 0.6) is 11.5 Å². The fourth-order valence-corrected chi connectivity index (χ4v) is 3.63. The van der Waals surface area contributed by atoms with Crippen LogP contribution >= 0.6 is 0 Å². The van der Waals surface area contributed by atoms with Gasteiger partial charge in [0, 0.05) is 33.2 Å². The van der Waals surface area contributed by atoms with Gasteiger partial charge in [0.15, 0.2) is 17.5 Å². The molecule has 1 aromatic rings. The molecule has 9 nitrogen and oxygen atoms in total. The predicted octanol–water partition coefficient (Wildman–Crippen LogP) is 1.40. The fraction of sp³-hybridized carbons (Fsp3) is 0.652. The van der Waals surface area contributed by atoms with Crippen molar-refractivity contribution in [1.29, 1.82) is 0 Å². The van der Waals surface area contributed by atoms with Crippen molar-refractivity contribution in [2.24, 2.45) is 10.4 Å². The van der Waals surface area contributed by atoms with E-state index >= 15 is 0 Å². The summed E-state index contributed by atoms with van der Waals surface area (Å²) in [5.74, 6) is 2.06. The van der Waals surface area contributed by atoms with Crippen molar-refractivity contribution in [1.82, 2.24) is 20.9 Å². The van der Waals surface area contributed by atoms with E-state index in [-0.39, 0.29) is 11.9 Å². The van der Waals surface area contributed by atoms with E-state index in [1.165, 1.54) is 0 Å². The number of morpholine rings is 1. The Morgan fingerprint density at radius 3 is 2.47 bits per heavy atom. The minimum absolute atomic E-state index is 0.0337. The van der Waals surface area contributed by atoms with Crippen molar-refractivity contribution in [3.63, 3.8) is 0 Å². The minimum atomic E-state index is -0.593. The number of nitrogens with zero attached hydrogens (tertiary/aromatic N) is 2. The summed E-state index contributed by atoms with van der Waals surface area (Å²) in [7, 11) is 4.93. The number of ether oxygens (including phenoxy) is 3. The maximum absolute atomic E-state index is 12.1. The molecule has 180 valence electrons. The average molecular weight is 450 g/mol. The van der Waals surface area contributed by atoms with Crippen LogP contribution in [0.15, 0.2) is 23.2 Å². The summed E-state index contributed by atoms with van der Waals surface area (Å²) in [6.45, 7) is 10.6. The second kappa shape index (κ2) is 12.5. The number of hydrogen-bond acceptors (Lipinski definition) is 6. The van der Waals surface area contributed by atoms with Gasteiger partial charge in [-0.1, -0.05) is 6.07 Å².